The van der Waals surface area contributed by atoms with Crippen molar-refractivity contribution in [1.82, 2.24) is 0 Å². The number of carbonyl (C=O) groups is 1. The number of ketones is 1. The molecule has 0 spiro atoms. The van der Waals surface area contributed by atoms with E-state index < -0.39 is 24.6 Å². The highest BCUT2D eigenvalue weighted by atomic mass is 35.5. The molecule has 0 bridgehead atoms. The molecule has 0 aliphatic heterocycles. The minimum Gasteiger partial charge on any atom is -0.497 e. The van der Waals surface area contributed by atoms with Crippen molar-refractivity contribution in [2.45, 2.75) is 31.5 Å². The first-order chi connectivity index (χ1) is 10.9. The lowest BCUT2D eigenvalue weighted by molar-refractivity contribution is -0.119. The van der Waals surface area contributed by atoms with Gasteiger partial charge < -0.3 is 18.9 Å². The molecule has 8 heteroatoms. The van der Waals surface area contributed by atoms with Gasteiger partial charge in [0.05, 0.1) is 26.4 Å². The number of halogens is 1. The zero-order valence-electron chi connectivity index (χ0n) is 13.4. The number of benzene rings is 1. The van der Waals surface area contributed by atoms with E-state index >= 15 is 0 Å². The molecule has 2 unspecified atom stereocenters. The average Bonchev–Trinajstić information content (AvgIpc) is 2.54. The Morgan fingerprint density at radius 3 is 2.17 bits per heavy atom. The van der Waals surface area contributed by atoms with Gasteiger partial charge in [0.25, 0.3) is 0 Å². The summed E-state index contributed by atoms with van der Waals surface area (Å²) in [6, 6.07) is 6.63. The van der Waals surface area contributed by atoms with Crippen LogP contribution < -0.4 is 4.74 Å². The number of hydrogen-bond acceptors (Lipinski definition) is 6. The van der Waals surface area contributed by atoms with Crippen LogP contribution in [-0.4, -0.2) is 36.3 Å². The number of aliphatic hydroxyl groups excluding tert-OH is 1. The fourth-order valence-corrected chi connectivity index (χ4v) is 3.88. The Bertz CT molecular complexity index is 537. The molecule has 2 atom stereocenters. The Hall–Kier alpha value is -0.910. The number of methoxy groups -OCH3 is 1. The van der Waals surface area contributed by atoms with Gasteiger partial charge >= 0.3 is 7.60 Å². The summed E-state index contributed by atoms with van der Waals surface area (Å²) in [5.41, 5.74) is 0.533. The molecule has 0 saturated heterocycles. The summed E-state index contributed by atoms with van der Waals surface area (Å²) in [4.78, 5) is 12.2. The molecule has 1 N–H and O–H groups in total. The molecule has 0 amide bonds. The lowest BCUT2D eigenvalue weighted by Crippen LogP contribution is -2.20. The average molecular weight is 365 g/mol. The zero-order valence-corrected chi connectivity index (χ0v) is 15.0. The second-order valence-electron chi connectivity index (χ2n) is 4.67. The lowest BCUT2D eigenvalue weighted by atomic mass is 10.0. The van der Waals surface area contributed by atoms with Crippen molar-refractivity contribution in [2.75, 3.05) is 20.3 Å². The lowest BCUT2D eigenvalue weighted by Gasteiger charge is -2.21. The maximum atomic E-state index is 12.5. The molecule has 0 aliphatic rings. The predicted molar refractivity (Wildman–Crippen MR) is 88.1 cm³/mol. The molecule has 0 saturated carbocycles. The smallest absolute Gasteiger partial charge is 0.355 e. The molecule has 23 heavy (non-hydrogen) atoms. The van der Waals surface area contributed by atoms with Crippen molar-refractivity contribution in [3.05, 3.63) is 29.8 Å². The van der Waals surface area contributed by atoms with Gasteiger partial charge in [-0.2, -0.15) is 0 Å². The highest BCUT2D eigenvalue weighted by Gasteiger charge is 2.39. The molecule has 0 heterocycles. The maximum Gasteiger partial charge on any atom is 0.355 e. The molecule has 1 aromatic carbocycles. The Kier molecular flexibility index (Phi) is 8.23. The monoisotopic (exact) mass is 364 g/mol. The predicted octanol–water partition coefficient (Wildman–Crippen LogP) is 3.52. The van der Waals surface area contributed by atoms with Gasteiger partial charge in [0.2, 0.25) is 0 Å². The standard InChI is InChI=1S/C15H22ClO6P/c1-4-21-23(19,22-5-2)15(16)14(18)10-13(17)11-6-8-12(20-3)9-7-11/h6-9,13,15,17H,4-5,10H2,1-3H3. The summed E-state index contributed by atoms with van der Waals surface area (Å²) in [6.45, 7) is 3.47. The van der Waals surface area contributed by atoms with Crippen molar-refractivity contribution in [3.63, 3.8) is 0 Å². The summed E-state index contributed by atoms with van der Waals surface area (Å²) >= 11 is 5.98. The van der Waals surface area contributed by atoms with Gasteiger partial charge in [0.1, 0.15) is 5.75 Å². The fraction of sp³-hybridized carbons (Fsp3) is 0.533. The number of Topliss-reactive ketones (excluding diaryl/α,β-unsaturated/α-hetero) is 1. The number of carbonyl (C=O) groups excluding carboxylic acids is 1. The van der Waals surface area contributed by atoms with Crippen LogP contribution in [0, 0.1) is 0 Å². The first kappa shape index (κ1) is 20.1. The number of ether oxygens (including phenoxy) is 1. The number of hydrogen-bond donors (Lipinski definition) is 1. The molecule has 0 aliphatic carbocycles. The quantitative estimate of drug-likeness (QED) is 0.505. The molecular formula is C15H22ClO6P. The van der Waals surface area contributed by atoms with Crippen molar-refractivity contribution in [3.8, 4) is 5.75 Å². The number of aliphatic hydroxyl groups is 1. The molecule has 1 aromatic rings. The van der Waals surface area contributed by atoms with Crippen LogP contribution in [0.3, 0.4) is 0 Å². The third kappa shape index (κ3) is 5.59. The minimum absolute atomic E-state index is 0.106. The first-order valence-electron chi connectivity index (χ1n) is 7.25. The molecule has 6 nitrogen and oxygen atoms in total. The van der Waals surface area contributed by atoms with Crippen LogP contribution >= 0.6 is 19.2 Å². The highest BCUT2D eigenvalue weighted by molar-refractivity contribution is 7.57. The SMILES string of the molecule is CCOP(=O)(OCC)C(Cl)C(=O)CC(O)c1ccc(OC)cc1. The van der Waals surface area contributed by atoms with Crippen LogP contribution in [0.1, 0.15) is 31.9 Å². The summed E-state index contributed by atoms with van der Waals surface area (Å²) in [6.07, 6.45) is -1.35. The normalized spacial score (nSPS) is 14.3. The summed E-state index contributed by atoms with van der Waals surface area (Å²) < 4.78 is 27.6. The molecule has 0 fully saturated rings. The van der Waals surface area contributed by atoms with Gasteiger partial charge in [-0.1, -0.05) is 12.1 Å². The topological polar surface area (TPSA) is 82.1 Å². The summed E-state index contributed by atoms with van der Waals surface area (Å²) in [5.74, 6) is 0.0416. The zero-order chi connectivity index (χ0) is 17.5. The van der Waals surface area contributed by atoms with E-state index in [0.717, 1.165) is 0 Å². The van der Waals surface area contributed by atoms with Crippen molar-refractivity contribution in [2.24, 2.45) is 0 Å². The fourth-order valence-electron chi connectivity index (χ4n) is 1.94. The molecular weight excluding hydrogens is 343 g/mol. The molecule has 0 aromatic heterocycles. The van der Waals surface area contributed by atoms with Gasteiger partial charge in [0.15, 0.2) is 10.9 Å². The third-order valence-corrected chi connectivity index (χ3v) is 6.10. The Morgan fingerprint density at radius 2 is 1.74 bits per heavy atom. The van der Waals surface area contributed by atoms with E-state index in [4.69, 9.17) is 25.4 Å². The van der Waals surface area contributed by atoms with E-state index in [-0.39, 0.29) is 19.6 Å². The highest BCUT2D eigenvalue weighted by Crippen LogP contribution is 2.55. The van der Waals surface area contributed by atoms with Gasteiger partial charge in [-0.05, 0) is 31.5 Å². The third-order valence-electron chi connectivity index (χ3n) is 3.06. The molecule has 130 valence electrons. The van der Waals surface area contributed by atoms with Crippen LogP contribution in [0.5, 0.6) is 5.75 Å². The van der Waals surface area contributed by atoms with Crippen LogP contribution in [0.25, 0.3) is 0 Å². The second kappa shape index (κ2) is 9.40. The summed E-state index contributed by atoms with van der Waals surface area (Å²) in [5, 5.41) is 8.69. The second-order valence-corrected chi connectivity index (χ2v) is 7.52. The van der Waals surface area contributed by atoms with Crippen LogP contribution in [-0.2, 0) is 18.4 Å². The van der Waals surface area contributed by atoms with E-state index in [9.17, 15) is 14.5 Å². The van der Waals surface area contributed by atoms with Gasteiger partial charge in [0, 0.05) is 6.42 Å². The van der Waals surface area contributed by atoms with Crippen LogP contribution in [0.15, 0.2) is 24.3 Å². The summed E-state index contributed by atoms with van der Waals surface area (Å²) in [7, 11) is -2.21. The van der Waals surface area contributed by atoms with Gasteiger partial charge in [-0.3, -0.25) is 9.36 Å². The van der Waals surface area contributed by atoms with Crippen molar-refractivity contribution < 1.29 is 28.3 Å². The number of alkyl halides is 1. The van der Waals surface area contributed by atoms with E-state index in [1.807, 2.05) is 0 Å². The van der Waals surface area contributed by atoms with Gasteiger partial charge in [-0.15, -0.1) is 11.6 Å². The van der Waals surface area contributed by atoms with E-state index in [1.165, 1.54) is 7.11 Å². The van der Waals surface area contributed by atoms with E-state index in [0.29, 0.717) is 11.3 Å². The Labute approximate surface area is 141 Å². The van der Waals surface area contributed by atoms with Crippen molar-refractivity contribution in [1.29, 1.82) is 0 Å². The van der Waals surface area contributed by atoms with Crippen molar-refractivity contribution >= 4 is 25.0 Å². The Balaban J connectivity index is 2.77. The van der Waals surface area contributed by atoms with Gasteiger partial charge in [-0.25, -0.2) is 0 Å². The maximum absolute atomic E-state index is 12.5. The molecule has 1 rings (SSSR count). The van der Waals surface area contributed by atoms with E-state index in [2.05, 4.69) is 0 Å². The van der Waals surface area contributed by atoms with Crippen LogP contribution in [0.4, 0.5) is 0 Å². The molecule has 0 radical (unpaired) electrons. The minimum atomic E-state index is -3.74. The van der Waals surface area contributed by atoms with E-state index in [1.54, 1.807) is 38.1 Å². The first-order valence-corrected chi connectivity index (χ1v) is 9.30. The number of rotatable bonds is 10. The Morgan fingerprint density at radius 1 is 1.22 bits per heavy atom. The largest absolute Gasteiger partial charge is 0.497 e. The van der Waals surface area contributed by atoms with Crippen LogP contribution in [0.2, 0.25) is 0 Å².